The first-order valence-electron chi connectivity index (χ1n) is 13.3. The van der Waals surface area contributed by atoms with Crippen LogP contribution in [0.1, 0.15) is 55.7 Å². The molecule has 1 spiro atoms. The van der Waals surface area contributed by atoms with E-state index in [2.05, 4.69) is 9.88 Å². The van der Waals surface area contributed by atoms with Gasteiger partial charge in [-0.15, -0.1) is 0 Å². The molecule has 8 heteroatoms. The third-order valence-corrected chi connectivity index (χ3v) is 8.30. The molecule has 2 saturated carbocycles. The van der Waals surface area contributed by atoms with Crippen molar-refractivity contribution in [2.75, 3.05) is 25.1 Å². The summed E-state index contributed by atoms with van der Waals surface area (Å²) in [6, 6.07) is 12.2. The second-order valence-corrected chi connectivity index (χ2v) is 11.0. The standard InChI is InChI=1S/C30H32FN3O4/c1-37-21-8-9-25(31)24(13-21)29-26(33-27(15-32-29)34-17-30(18-34)10-3-11-30)16-38-22-5-2-4-20(12-22)23(14-28(35)36)19-6-7-19/h2,4-5,8-9,12-13,15,19,23H,3,6-7,10-11,14,16-18H2,1H3,(H,35,36)/t23-/m0/s1. The molecule has 0 bridgehead atoms. The topological polar surface area (TPSA) is 84.8 Å². The molecule has 0 amide bonds. The number of aliphatic carboxylic acids is 1. The van der Waals surface area contributed by atoms with Crippen LogP contribution in [-0.4, -0.2) is 41.2 Å². The van der Waals surface area contributed by atoms with E-state index in [0.717, 1.165) is 37.3 Å². The summed E-state index contributed by atoms with van der Waals surface area (Å²) in [5, 5.41) is 9.40. The lowest BCUT2D eigenvalue weighted by atomic mass is 9.63. The zero-order valence-corrected chi connectivity index (χ0v) is 21.5. The summed E-state index contributed by atoms with van der Waals surface area (Å²) in [4.78, 5) is 23.2. The van der Waals surface area contributed by atoms with Crippen LogP contribution < -0.4 is 14.4 Å². The van der Waals surface area contributed by atoms with Crippen LogP contribution in [0.5, 0.6) is 11.5 Å². The summed E-state index contributed by atoms with van der Waals surface area (Å²) in [6.45, 7) is 2.05. The molecule has 2 aliphatic carbocycles. The highest BCUT2D eigenvalue weighted by Crippen LogP contribution is 2.49. The molecular formula is C30H32FN3O4. The van der Waals surface area contributed by atoms with Crippen LogP contribution in [0.2, 0.25) is 0 Å². The Hall–Kier alpha value is -3.68. The zero-order valence-electron chi connectivity index (χ0n) is 21.5. The highest BCUT2D eigenvalue weighted by Gasteiger charge is 2.47. The maximum atomic E-state index is 14.9. The Morgan fingerprint density at radius 3 is 2.68 bits per heavy atom. The van der Waals surface area contributed by atoms with Crippen LogP contribution in [0.25, 0.3) is 11.3 Å². The molecule has 1 aliphatic heterocycles. The average molecular weight is 518 g/mol. The highest BCUT2D eigenvalue weighted by molar-refractivity contribution is 5.68. The van der Waals surface area contributed by atoms with Crippen molar-refractivity contribution < 1.29 is 23.8 Å². The number of ether oxygens (including phenoxy) is 2. The number of nitrogens with zero attached hydrogens (tertiary/aromatic N) is 3. The van der Waals surface area contributed by atoms with Gasteiger partial charge < -0.3 is 19.5 Å². The lowest BCUT2D eigenvalue weighted by molar-refractivity contribution is -0.137. The molecule has 7 nitrogen and oxygen atoms in total. The fourth-order valence-electron chi connectivity index (χ4n) is 5.86. The van der Waals surface area contributed by atoms with Crippen molar-refractivity contribution in [3.8, 4) is 22.8 Å². The summed E-state index contributed by atoms with van der Waals surface area (Å²) in [7, 11) is 1.54. The van der Waals surface area contributed by atoms with Crippen LogP contribution >= 0.6 is 0 Å². The molecule has 2 aromatic carbocycles. The van der Waals surface area contributed by atoms with Gasteiger partial charge in [0.25, 0.3) is 0 Å². The molecule has 2 heterocycles. The van der Waals surface area contributed by atoms with Gasteiger partial charge >= 0.3 is 5.97 Å². The van der Waals surface area contributed by atoms with Gasteiger partial charge in [0.1, 0.15) is 35.4 Å². The number of halogens is 1. The van der Waals surface area contributed by atoms with Gasteiger partial charge in [0.05, 0.1) is 25.4 Å². The molecule has 1 N–H and O–H groups in total. The Bertz CT molecular complexity index is 1350. The molecule has 3 aromatic rings. The maximum Gasteiger partial charge on any atom is 0.303 e. The van der Waals surface area contributed by atoms with E-state index in [0.29, 0.717) is 39.8 Å². The van der Waals surface area contributed by atoms with E-state index in [1.807, 2.05) is 24.3 Å². The van der Waals surface area contributed by atoms with E-state index in [1.54, 1.807) is 25.4 Å². The summed E-state index contributed by atoms with van der Waals surface area (Å²) in [5.74, 6) is 1.12. The van der Waals surface area contributed by atoms with Gasteiger partial charge in [0, 0.05) is 24.1 Å². The van der Waals surface area contributed by atoms with Crippen LogP contribution in [-0.2, 0) is 11.4 Å². The van der Waals surface area contributed by atoms with Crippen molar-refractivity contribution in [3.63, 3.8) is 0 Å². The minimum Gasteiger partial charge on any atom is -0.497 e. The van der Waals surface area contributed by atoms with Crippen molar-refractivity contribution in [2.45, 2.75) is 51.0 Å². The van der Waals surface area contributed by atoms with Gasteiger partial charge in [-0.05, 0) is 73.4 Å². The molecule has 0 unspecified atom stereocenters. The van der Waals surface area contributed by atoms with Crippen molar-refractivity contribution in [2.24, 2.45) is 11.3 Å². The number of hydrogen-bond acceptors (Lipinski definition) is 6. The first-order valence-corrected chi connectivity index (χ1v) is 13.3. The Labute approximate surface area is 221 Å². The van der Waals surface area contributed by atoms with Crippen molar-refractivity contribution >= 4 is 11.8 Å². The van der Waals surface area contributed by atoms with Crippen molar-refractivity contribution in [3.05, 3.63) is 65.7 Å². The van der Waals surface area contributed by atoms with Crippen LogP contribution in [0.15, 0.2) is 48.7 Å². The maximum absolute atomic E-state index is 14.9. The fourth-order valence-corrected chi connectivity index (χ4v) is 5.86. The molecule has 6 rings (SSSR count). The van der Waals surface area contributed by atoms with Crippen molar-refractivity contribution in [1.82, 2.24) is 9.97 Å². The van der Waals surface area contributed by atoms with Gasteiger partial charge in [-0.2, -0.15) is 0 Å². The second-order valence-electron chi connectivity index (χ2n) is 11.0. The first-order chi connectivity index (χ1) is 18.4. The SMILES string of the molecule is COc1ccc(F)c(-c2ncc(N3CC4(CCC4)C3)nc2COc2cccc([C@@H](CC(=O)O)C3CC3)c2)c1. The number of hydrogen-bond donors (Lipinski definition) is 1. The fraction of sp³-hybridized carbons (Fsp3) is 0.433. The summed E-state index contributed by atoms with van der Waals surface area (Å²) in [5.41, 5.74) is 2.67. The number of carboxylic acids is 1. The number of carbonyl (C=O) groups is 1. The molecule has 1 saturated heterocycles. The Balaban J connectivity index is 1.28. The predicted molar refractivity (Wildman–Crippen MR) is 141 cm³/mol. The van der Waals surface area contributed by atoms with E-state index < -0.39 is 11.8 Å². The van der Waals surface area contributed by atoms with E-state index in [1.165, 1.54) is 25.3 Å². The van der Waals surface area contributed by atoms with E-state index >= 15 is 0 Å². The highest BCUT2D eigenvalue weighted by atomic mass is 19.1. The number of aromatic nitrogens is 2. The molecule has 0 radical (unpaired) electrons. The van der Waals surface area contributed by atoms with Gasteiger partial charge in [-0.3, -0.25) is 9.78 Å². The normalized spacial score (nSPS) is 18.4. The Kier molecular flexibility index (Phi) is 6.41. The monoisotopic (exact) mass is 517 g/mol. The summed E-state index contributed by atoms with van der Waals surface area (Å²) >= 11 is 0. The molecule has 3 aliphatic rings. The minimum atomic E-state index is -0.792. The van der Waals surface area contributed by atoms with Gasteiger partial charge in [0.15, 0.2) is 0 Å². The zero-order chi connectivity index (χ0) is 26.3. The van der Waals surface area contributed by atoms with E-state index in [4.69, 9.17) is 14.5 Å². The molecule has 1 atom stereocenters. The van der Waals surface area contributed by atoms with Gasteiger partial charge in [-0.1, -0.05) is 18.6 Å². The largest absolute Gasteiger partial charge is 0.497 e. The average Bonchev–Trinajstić information content (AvgIpc) is 3.70. The van der Waals surface area contributed by atoms with E-state index in [9.17, 15) is 14.3 Å². The van der Waals surface area contributed by atoms with E-state index in [-0.39, 0.29) is 18.9 Å². The lowest BCUT2D eigenvalue weighted by Gasteiger charge is -2.56. The third-order valence-electron chi connectivity index (χ3n) is 8.30. The number of carboxylic acid groups (broad SMARTS) is 1. The molecular weight excluding hydrogens is 485 g/mol. The van der Waals surface area contributed by atoms with Crippen molar-refractivity contribution in [1.29, 1.82) is 0 Å². The molecule has 1 aromatic heterocycles. The summed E-state index contributed by atoms with van der Waals surface area (Å²) < 4.78 is 26.4. The quantitative estimate of drug-likeness (QED) is 0.362. The number of anilines is 1. The number of methoxy groups -OCH3 is 1. The Morgan fingerprint density at radius 1 is 1.18 bits per heavy atom. The summed E-state index contributed by atoms with van der Waals surface area (Å²) in [6.07, 6.45) is 7.76. The third kappa shape index (κ3) is 4.91. The first kappa shape index (κ1) is 24.6. The minimum absolute atomic E-state index is 0.0224. The van der Waals surface area contributed by atoms with Crippen LogP contribution in [0, 0.1) is 17.2 Å². The molecule has 3 fully saturated rings. The predicted octanol–water partition coefficient (Wildman–Crippen LogP) is 5.83. The smallest absolute Gasteiger partial charge is 0.303 e. The van der Waals surface area contributed by atoms with Crippen LogP contribution in [0.4, 0.5) is 10.2 Å². The van der Waals surface area contributed by atoms with Crippen LogP contribution in [0.3, 0.4) is 0 Å². The lowest BCUT2D eigenvalue weighted by Crippen LogP contribution is -2.60. The second kappa shape index (κ2) is 9.89. The Morgan fingerprint density at radius 2 is 2.00 bits per heavy atom. The molecule has 198 valence electrons. The number of benzene rings is 2. The number of rotatable bonds is 10. The van der Waals surface area contributed by atoms with Gasteiger partial charge in [-0.25, -0.2) is 9.37 Å². The van der Waals surface area contributed by atoms with Gasteiger partial charge in [0.2, 0.25) is 0 Å². The molecule has 38 heavy (non-hydrogen) atoms.